The van der Waals surface area contributed by atoms with Gasteiger partial charge in [0.15, 0.2) is 11.5 Å². The van der Waals surface area contributed by atoms with Crippen LogP contribution in [0.5, 0.6) is 17.2 Å². The zero-order valence-corrected chi connectivity index (χ0v) is 17.5. The number of nitrogens with two attached hydrogens (primary N) is 1. The van der Waals surface area contributed by atoms with Crippen molar-refractivity contribution in [2.45, 2.75) is 38.1 Å². The third kappa shape index (κ3) is 5.60. The standard InChI is InChI=1S/C20H28N2O5S/c1-5-22(27-18-10-8-7-9-17(18)26-6-2)15(3)13-16-11-12-19(25-4)20(14-16)28(21,23)24/h7-12,14-15H,5-6,13H2,1-4H3,(H2,21,23,24). The van der Waals surface area contributed by atoms with E-state index in [9.17, 15) is 8.42 Å². The Morgan fingerprint density at radius 2 is 1.75 bits per heavy atom. The van der Waals surface area contributed by atoms with Crippen LogP contribution >= 0.6 is 0 Å². The summed E-state index contributed by atoms with van der Waals surface area (Å²) in [6.07, 6.45) is 0.567. The van der Waals surface area contributed by atoms with Crippen molar-refractivity contribution in [3.63, 3.8) is 0 Å². The fourth-order valence-electron chi connectivity index (χ4n) is 2.91. The highest BCUT2D eigenvalue weighted by Gasteiger charge is 2.20. The minimum Gasteiger partial charge on any atom is -0.495 e. The van der Waals surface area contributed by atoms with Crippen LogP contribution in [0.4, 0.5) is 0 Å². The summed E-state index contributed by atoms with van der Waals surface area (Å²) in [5.74, 6) is 1.54. The van der Waals surface area contributed by atoms with Crippen LogP contribution in [-0.2, 0) is 16.4 Å². The van der Waals surface area contributed by atoms with Crippen molar-refractivity contribution in [1.29, 1.82) is 0 Å². The molecule has 0 aliphatic carbocycles. The minimum atomic E-state index is -3.88. The van der Waals surface area contributed by atoms with Crippen molar-refractivity contribution in [3.8, 4) is 17.2 Å². The first kappa shape index (κ1) is 22.0. The van der Waals surface area contributed by atoms with E-state index in [-0.39, 0.29) is 16.7 Å². The topological polar surface area (TPSA) is 91.1 Å². The maximum absolute atomic E-state index is 11.8. The molecule has 0 spiro atoms. The van der Waals surface area contributed by atoms with Gasteiger partial charge in [0.25, 0.3) is 0 Å². The van der Waals surface area contributed by atoms with E-state index in [0.717, 1.165) is 5.56 Å². The highest BCUT2D eigenvalue weighted by Crippen LogP contribution is 2.29. The van der Waals surface area contributed by atoms with Gasteiger partial charge in [0.05, 0.1) is 13.7 Å². The molecule has 1 unspecified atom stereocenters. The Morgan fingerprint density at radius 3 is 2.32 bits per heavy atom. The van der Waals surface area contributed by atoms with Gasteiger partial charge in [-0.2, -0.15) is 0 Å². The smallest absolute Gasteiger partial charge is 0.241 e. The maximum Gasteiger partial charge on any atom is 0.241 e. The lowest BCUT2D eigenvalue weighted by Crippen LogP contribution is -2.37. The summed E-state index contributed by atoms with van der Waals surface area (Å²) in [7, 11) is -2.47. The van der Waals surface area contributed by atoms with Crippen LogP contribution < -0.4 is 19.5 Å². The molecule has 2 N–H and O–H groups in total. The molecule has 0 saturated heterocycles. The van der Waals surface area contributed by atoms with Crippen LogP contribution in [0.3, 0.4) is 0 Å². The molecule has 0 saturated carbocycles. The Labute approximate surface area is 167 Å². The van der Waals surface area contributed by atoms with E-state index in [2.05, 4.69) is 0 Å². The second-order valence-electron chi connectivity index (χ2n) is 6.29. The first-order valence-corrected chi connectivity index (χ1v) is 10.7. The second kappa shape index (κ2) is 9.77. The molecule has 0 radical (unpaired) electrons. The number of primary sulfonamides is 1. The molecule has 0 fully saturated rings. The number of nitrogens with zero attached hydrogens (tertiary/aromatic N) is 1. The van der Waals surface area contributed by atoms with Gasteiger partial charge in [-0.1, -0.05) is 18.2 Å². The lowest BCUT2D eigenvalue weighted by atomic mass is 10.1. The maximum atomic E-state index is 11.8. The molecule has 2 aromatic carbocycles. The van der Waals surface area contributed by atoms with Crippen molar-refractivity contribution in [3.05, 3.63) is 48.0 Å². The highest BCUT2D eigenvalue weighted by atomic mass is 32.2. The Morgan fingerprint density at radius 1 is 1.07 bits per heavy atom. The van der Waals surface area contributed by atoms with Gasteiger partial charge >= 0.3 is 0 Å². The third-order valence-electron chi connectivity index (χ3n) is 4.23. The molecule has 8 heteroatoms. The van der Waals surface area contributed by atoms with Gasteiger partial charge in [-0.25, -0.2) is 13.6 Å². The first-order chi connectivity index (χ1) is 13.3. The van der Waals surface area contributed by atoms with Gasteiger partial charge in [-0.3, -0.25) is 0 Å². The van der Waals surface area contributed by atoms with Crippen LogP contribution in [-0.4, -0.2) is 39.8 Å². The number of hydrogen-bond donors (Lipinski definition) is 1. The molecule has 0 aromatic heterocycles. The van der Waals surface area contributed by atoms with Gasteiger partial charge in [0.2, 0.25) is 10.0 Å². The second-order valence-corrected chi connectivity index (χ2v) is 7.82. The molecule has 0 heterocycles. The molecule has 0 aliphatic heterocycles. The van der Waals surface area contributed by atoms with Crippen molar-refractivity contribution in [1.82, 2.24) is 5.06 Å². The molecule has 0 amide bonds. The van der Waals surface area contributed by atoms with Gasteiger partial charge in [0.1, 0.15) is 10.6 Å². The van der Waals surface area contributed by atoms with Gasteiger partial charge < -0.3 is 14.3 Å². The predicted molar refractivity (Wildman–Crippen MR) is 108 cm³/mol. The third-order valence-corrected chi connectivity index (χ3v) is 5.17. The normalized spacial score (nSPS) is 12.6. The van der Waals surface area contributed by atoms with E-state index in [1.807, 2.05) is 56.2 Å². The number of likely N-dealkylation sites (N-methyl/N-ethyl adjacent to an activating group) is 1. The Bertz CT molecular complexity index is 886. The molecule has 154 valence electrons. The number of hydroxylamine groups is 2. The first-order valence-electron chi connectivity index (χ1n) is 9.16. The van der Waals surface area contributed by atoms with Crippen LogP contribution in [0, 0.1) is 0 Å². The summed E-state index contributed by atoms with van der Waals surface area (Å²) in [6, 6.07) is 12.5. The fourth-order valence-corrected chi connectivity index (χ4v) is 3.65. The van der Waals surface area contributed by atoms with Crippen molar-refractivity contribution in [2.75, 3.05) is 20.3 Å². The van der Waals surface area contributed by atoms with E-state index in [4.69, 9.17) is 19.5 Å². The van der Waals surface area contributed by atoms with E-state index >= 15 is 0 Å². The van der Waals surface area contributed by atoms with E-state index in [1.54, 1.807) is 12.1 Å². The average Bonchev–Trinajstić information content (AvgIpc) is 2.66. The Kier molecular flexibility index (Phi) is 7.68. The van der Waals surface area contributed by atoms with E-state index in [1.165, 1.54) is 7.11 Å². The van der Waals surface area contributed by atoms with Gasteiger partial charge in [-0.15, -0.1) is 5.06 Å². The predicted octanol–water partition coefficient (Wildman–Crippen LogP) is 2.99. The summed E-state index contributed by atoms with van der Waals surface area (Å²) in [4.78, 5) is 6.04. The summed E-state index contributed by atoms with van der Waals surface area (Å²) in [5.41, 5.74) is 0.817. The number of para-hydroxylation sites is 2. The molecule has 2 aromatic rings. The number of sulfonamides is 1. The number of methoxy groups -OCH3 is 1. The monoisotopic (exact) mass is 408 g/mol. The van der Waals surface area contributed by atoms with Gasteiger partial charge in [0, 0.05) is 12.6 Å². The zero-order chi connectivity index (χ0) is 20.7. The minimum absolute atomic E-state index is 0.0228. The van der Waals surface area contributed by atoms with Gasteiger partial charge in [-0.05, 0) is 57.0 Å². The fraction of sp³-hybridized carbons (Fsp3) is 0.400. The lowest BCUT2D eigenvalue weighted by Gasteiger charge is -2.28. The summed E-state index contributed by atoms with van der Waals surface area (Å²) >= 11 is 0. The lowest BCUT2D eigenvalue weighted by molar-refractivity contribution is -0.0874. The molecular weight excluding hydrogens is 380 g/mol. The van der Waals surface area contributed by atoms with Crippen LogP contribution in [0.2, 0.25) is 0 Å². The molecule has 7 nitrogen and oxygen atoms in total. The highest BCUT2D eigenvalue weighted by molar-refractivity contribution is 7.89. The van der Waals surface area contributed by atoms with Crippen LogP contribution in [0.15, 0.2) is 47.4 Å². The summed E-state index contributed by atoms with van der Waals surface area (Å²) in [5, 5.41) is 7.14. The molecular formula is C20H28N2O5S. The number of ether oxygens (including phenoxy) is 2. The molecule has 0 aliphatic rings. The Hall–Kier alpha value is -2.29. The average molecular weight is 409 g/mol. The largest absolute Gasteiger partial charge is 0.495 e. The van der Waals surface area contributed by atoms with Crippen molar-refractivity contribution < 1.29 is 22.7 Å². The quantitative estimate of drug-likeness (QED) is 0.608. The molecule has 2 rings (SSSR count). The number of hydrogen-bond acceptors (Lipinski definition) is 6. The van der Waals surface area contributed by atoms with Crippen LogP contribution in [0.25, 0.3) is 0 Å². The van der Waals surface area contributed by atoms with E-state index in [0.29, 0.717) is 31.1 Å². The summed E-state index contributed by atoms with van der Waals surface area (Å²) in [6.45, 7) is 7.10. The number of benzene rings is 2. The summed E-state index contributed by atoms with van der Waals surface area (Å²) < 4.78 is 34.4. The molecule has 28 heavy (non-hydrogen) atoms. The van der Waals surface area contributed by atoms with Crippen molar-refractivity contribution >= 4 is 10.0 Å². The molecule has 1 atom stereocenters. The SMILES string of the molecule is CCOc1ccccc1ON(CC)C(C)Cc1ccc(OC)c(S(N)(=O)=O)c1. The Balaban J connectivity index is 2.20. The number of rotatable bonds is 10. The van der Waals surface area contributed by atoms with Crippen LogP contribution in [0.1, 0.15) is 26.3 Å². The molecule has 0 bridgehead atoms. The van der Waals surface area contributed by atoms with Crippen molar-refractivity contribution in [2.24, 2.45) is 5.14 Å². The zero-order valence-electron chi connectivity index (χ0n) is 16.7. The van der Waals surface area contributed by atoms with E-state index < -0.39 is 10.0 Å².